The van der Waals surface area contributed by atoms with Crippen LogP contribution < -0.4 is 14.8 Å². The van der Waals surface area contributed by atoms with E-state index in [1.807, 2.05) is 26.0 Å². The maximum atomic E-state index is 12.7. The number of ether oxygens (including phenoxy) is 2. The van der Waals surface area contributed by atoms with Crippen LogP contribution in [0.3, 0.4) is 0 Å². The largest absolute Gasteiger partial charge is 0.496 e. The Morgan fingerprint density at radius 3 is 2.29 bits per heavy atom. The average Bonchev–Trinajstić information content (AvgIpc) is 2.66. The monoisotopic (exact) mass is 395 g/mol. The molecule has 0 aliphatic rings. The molecular weight excluding hydrogens is 374 g/mol. The molecule has 0 aromatic heterocycles. The van der Waals surface area contributed by atoms with E-state index >= 15 is 0 Å². The molecule has 3 aromatic rings. The Bertz CT molecular complexity index is 963. The van der Waals surface area contributed by atoms with Crippen LogP contribution in [0.2, 0.25) is 5.02 Å². The molecule has 0 aliphatic heterocycles. The summed E-state index contributed by atoms with van der Waals surface area (Å²) in [6.07, 6.45) is 0. The van der Waals surface area contributed by atoms with Crippen LogP contribution in [-0.2, 0) is 6.61 Å². The van der Waals surface area contributed by atoms with Crippen LogP contribution in [0.25, 0.3) is 0 Å². The van der Waals surface area contributed by atoms with Gasteiger partial charge < -0.3 is 14.8 Å². The number of carbonyl (C=O) groups excluding carboxylic acids is 1. The van der Waals surface area contributed by atoms with Crippen LogP contribution in [0.1, 0.15) is 27.0 Å². The first kappa shape index (κ1) is 19.8. The summed E-state index contributed by atoms with van der Waals surface area (Å²) in [5.74, 6) is 1.17. The molecule has 0 aliphatic carbocycles. The topological polar surface area (TPSA) is 47.6 Å². The number of methoxy groups -OCH3 is 1. The van der Waals surface area contributed by atoms with E-state index in [0.29, 0.717) is 22.1 Å². The van der Waals surface area contributed by atoms with Crippen LogP contribution in [0.15, 0.2) is 60.7 Å². The quantitative estimate of drug-likeness (QED) is 0.574. The van der Waals surface area contributed by atoms with E-state index in [-0.39, 0.29) is 12.5 Å². The summed E-state index contributed by atoms with van der Waals surface area (Å²) >= 11 is 5.90. The fourth-order valence-electron chi connectivity index (χ4n) is 2.97. The Morgan fingerprint density at radius 1 is 0.964 bits per heavy atom. The molecule has 28 heavy (non-hydrogen) atoms. The summed E-state index contributed by atoms with van der Waals surface area (Å²) in [4.78, 5) is 12.7. The van der Waals surface area contributed by atoms with Gasteiger partial charge in [-0.3, -0.25) is 4.79 Å². The molecule has 1 N–H and O–H groups in total. The molecule has 3 aromatic carbocycles. The van der Waals surface area contributed by atoms with Crippen LogP contribution in [0, 0.1) is 13.8 Å². The van der Waals surface area contributed by atoms with Crippen molar-refractivity contribution in [2.75, 3.05) is 12.4 Å². The third-order valence-corrected chi connectivity index (χ3v) is 4.48. The fourth-order valence-corrected chi connectivity index (χ4v) is 3.10. The molecule has 0 radical (unpaired) electrons. The first-order chi connectivity index (χ1) is 13.4. The van der Waals surface area contributed by atoms with Crippen molar-refractivity contribution in [3.63, 3.8) is 0 Å². The van der Waals surface area contributed by atoms with Gasteiger partial charge in [-0.2, -0.15) is 0 Å². The highest BCUT2D eigenvalue weighted by atomic mass is 35.5. The number of hydrogen-bond donors (Lipinski definition) is 1. The molecule has 0 bridgehead atoms. The second-order valence-corrected chi connectivity index (χ2v) is 7.04. The van der Waals surface area contributed by atoms with Gasteiger partial charge in [0.05, 0.1) is 7.11 Å². The molecule has 0 fully saturated rings. The number of carbonyl (C=O) groups is 1. The highest BCUT2D eigenvalue weighted by molar-refractivity contribution is 6.30. The van der Waals surface area contributed by atoms with Gasteiger partial charge in [-0.05, 0) is 79.6 Å². The number of benzene rings is 3. The number of amides is 1. The SMILES string of the molecule is COc1ccc(C(=O)Nc2cc(C)cc(C)c2)cc1COc1ccc(Cl)cc1. The number of anilines is 1. The van der Waals surface area contributed by atoms with E-state index in [2.05, 4.69) is 11.4 Å². The Hall–Kier alpha value is -2.98. The van der Waals surface area contributed by atoms with Gasteiger partial charge in [-0.25, -0.2) is 0 Å². The molecule has 0 unspecified atom stereocenters. The fraction of sp³-hybridized carbons (Fsp3) is 0.174. The molecule has 5 heteroatoms. The summed E-state index contributed by atoms with van der Waals surface area (Å²) in [6.45, 7) is 4.28. The van der Waals surface area contributed by atoms with Crippen LogP contribution >= 0.6 is 11.6 Å². The second kappa shape index (κ2) is 8.81. The molecule has 0 saturated heterocycles. The van der Waals surface area contributed by atoms with Crippen LogP contribution in [0.4, 0.5) is 5.69 Å². The summed E-state index contributed by atoms with van der Waals surface area (Å²) in [5, 5.41) is 3.60. The highest BCUT2D eigenvalue weighted by Crippen LogP contribution is 2.24. The van der Waals surface area contributed by atoms with Gasteiger partial charge in [0.25, 0.3) is 5.91 Å². The van der Waals surface area contributed by atoms with E-state index in [4.69, 9.17) is 21.1 Å². The summed E-state index contributed by atoms with van der Waals surface area (Å²) in [7, 11) is 1.59. The molecule has 0 spiro atoms. The number of halogens is 1. The standard InChI is InChI=1S/C23H22ClNO3/c1-15-10-16(2)12-20(11-15)25-23(26)17-4-9-22(27-3)18(13-17)14-28-21-7-5-19(24)6-8-21/h4-13H,14H2,1-3H3,(H,25,26). The lowest BCUT2D eigenvalue weighted by Gasteiger charge is -2.13. The summed E-state index contributed by atoms with van der Waals surface area (Å²) in [6, 6.07) is 18.4. The number of rotatable bonds is 6. The van der Waals surface area contributed by atoms with Crippen LogP contribution in [0.5, 0.6) is 11.5 Å². The Labute approximate surface area is 170 Å². The smallest absolute Gasteiger partial charge is 0.255 e. The Kier molecular flexibility index (Phi) is 6.22. The first-order valence-electron chi connectivity index (χ1n) is 8.89. The zero-order valence-corrected chi connectivity index (χ0v) is 16.8. The van der Waals surface area contributed by atoms with Crippen molar-refractivity contribution in [2.45, 2.75) is 20.5 Å². The van der Waals surface area contributed by atoms with Gasteiger partial charge in [-0.15, -0.1) is 0 Å². The third kappa shape index (κ3) is 5.05. The van der Waals surface area contributed by atoms with E-state index in [9.17, 15) is 4.79 Å². The van der Waals surface area contributed by atoms with Crippen LogP contribution in [-0.4, -0.2) is 13.0 Å². The molecular formula is C23H22ClNO3. The molecule has 0 saturated carbocycles. The minimum atomic E-state index is -0.180. The van der Waals surface area contributed by atoms with Crippen molar-refractivity contribution in [3.8, 4) is 11.5 Å². The van der Waals surface area contributed by atoms with Gasteiger partial charge >= 0.3 is 0 Å². The molecule has 4 nitrogen and oxygen atoms in total. The average molecular weight is 396 g/mol. The molecule has 144 valence electrons. The molecule has 3 rings (SSSR count). The van der Waals surface area contributed by atoms with E-state index in [0.717, 1.165) is 22.4 Å². The van der Waals surface area contributed by atoms with Gasteiger partial charge in [0, 0.05) is 21.8 Å². The van der Waals surface area contributed by atoms with Crippen molar-refractivity contribution >= 4 is 23.2 Å². The lowest BCUT2D eigenvalue weighted by atomic mass is 10.1. The maximum Gasteiger partial charge on any atom is 0.255 e. The van der Waals surface area contributed by atoms with Crippen molar-refractivity contribution in [2.24, 2.45) is 0 Å². The zero-order valence-electron chi connectivity index (χ0n) is 16.1. The summed E-state index contributed by atoms with van der Waals surface area (Å²) in [5.41, 5.74) is 4.29. The normalized spacial score (nSPS) is 10.4. The first-order valence-corrected chi connectivity index (χ1v) is 9.27. The molecule has 1 amide bonds. The second-order valence-electron chi connectivity index (χ2n) is 6.60. The highest BCUT2D eigenvalue weighted by Gasteiger charge is 2.12. The predicted octanol–water partition coefficient (Wildman–Crippen LogP) is 5.80. The van der Waals surface area contributed by atoms with Crippen molar-refractivity contribution in [3.05, 3.63) is 87.9 Å². The van der Waals surface area contributed by atoms with Crippen molar-refractivity contribution < 1.29 is 14.3 Å². The summed E-state index contributed by atoms with van der Waals surface area (Å²) < 4.78 is 11.2. The lowest BCUT2D eigenvalue weighted by molar-refractivity contribution is 0.102. The van der Waals surface area contributed by atoms with Crippen molar-refractivity contribution in [1.29, 1.82) is 0 Å². The zero-order chi connectivity index (χ0) is 20.1. The van der Waals surface area contributed by atoms with Gasteiger partial charge in [0.2, 0.25) is 0 Å². The Morgan fingerprint density at radius 2 is 1.64 bits per heavy atom. The maximum absolute atomic E-state index is 12.7. The third-order valence-electron chi connectivity index (χ3n) is 4.23. The predicted molar refractivity (Wildman–Crippen MR) is 113 cm³/mol. The minimum Gasteiger partial charge on any atom is -0.496 e. The van der Waals surface area contributed by atoms with Crippen molar-refractivity contribution in [1.82, 2.24) is 0 Å². The lowest BCUT2D eigenvalue weighted by Crippen LogP contribution is -2.13. The van der Waals surface area contributed by atoms with E-state index < -0.39 is 0 Å². The number of hydrogen-bond acceptors (Lipinski definition) is 3. The van der Waals surface area contributed by atoms with E-state index in [1.54, 1.807) is 49.6 Å². The number of nitrogens with one attached hydrogen (secondary N) is 1. The van der Waals surface area contributed by atoms with Gasteiger partial charge in [0.1, 0.15) is 18.1 Å². The van der Waals surface area contributed by atoms with E-state index in [1.165, 1.54) is 0 Å². The molecule has 0 atom stereocenters. The minimum absolute atomic E-state index is 0.180. The van der Waals surface area contributed by atoms with Gasteiger partial charge in [-0.1, -0.05) is 17.7 Å². The van der Waals surface area contributed by atoms with Gasteiger partial charge in [0.15, 0.2) is 0 Å². The Balaban J connectivity index is 1.77. The number of aryl methyl sites for hydroxylation is 2. The molecule has 0 heterocycles.